The highest BCUT2D eigenvalue weighted by molar-refractivity contribution is 6.17. The first-order valence-electron chi connectivity index (χ1n) is 18.0. The second-order valence-electron chi connectivity index (χ2n) is 12.9. The number of fused-ring (bicyclic) bond motifs is 6. The summed E-state index contributed by atoms with van der Waals surface area (Å²) in [4.78, 5) is 28.4. The molecule has 12 nitrogen and oxygen atoms in total. The van der Waals surface area contributed by atoms with Crippen molar-refractivity contribution >= 4 is 44.8 Å². The van der Waals surface area contributed by atoms with Gasteiger partial charge in [0.1, 0.15) is 25.0 Å². The van der Waals surface area contributed by atoms with E-state index in [0.29, 0.717) is 19.1 Å². The quantitative estimate of drug-likeness (QED) is 0.198. The molecule has 0 saturated carbocycles. The number of morpholine rings is 1. The molecule has 0 aliphatic carbocycles. The number of hydrogen-bond acceptors (Lipinski definition) is 10. The van der Waals surface area contributed by atoms with Gasteiger partial charge in [-0.3, -0.25) is 23.6 Å². The molecule has 2 aromatic heterocycles. The summed E-state index contributed by atoms with van der Waals surface area (Å²) >= 11 is 6.02. The normalized spacial score (nSPS) is 15.7. The molecule has 4 aromatic rings. The molecule has 2 aromatic carbocycles. The van der Waals surface area contributed by atoms with Crippen LogP contribution in [-0.4, -0.2) is 80.9 Å². The van der Waals surface area contributed by atoms with Crippen LogP contribution in [0.25, 0.3) is 21.8 Å². The third-order valence-corrected chi connectivity index (χ3v) is 9.87. The number of anilines is 2. The standard InChI is InChI=1S/C21H29N3O4.C17H21ClN2O3/c1-3-28-18-12-15(13-23-7-9-27-10-8-23)11-17-19(18)20-16(5-4-6-22-20)21(25)24(17)14-26-2;1-3-23-14-8-11(9-18)7-13-15(14)16-12(5-4-6-19-16)17(21)20(13)10-22-2/h11-12,22H,3-10,13-14H2,1-2H3;7-8,19H,3-6,9-10H2,1-2H3. The third-order valence-electron chi connectivity index (χ3n) is 9.56. The van der Waals surface area contributed by atoms with Crippen LogP contribution in [-0.2, 0) is 52.9 Å². The van der Waals surface area contributed by atoms with Gasteiger partial charge in [-0.05, 0) is 74.9 Å². The monoisotopic (exact) mass is 723 g/mol. The number of alkyl halides is 1. The van der Waals surface area contributed by atoms with E-state index in [2.05, 4.69) is 27.7 Å². The first-order chi connectivity index (χ1) is 24.9. The van der Waals surface area contributed by atoms with Gasteiger partial charge in [-0.25, -0.2) is 0 Å². The van der Waals surface area contributed by atoms with Crippen LogP contribution in [0.4, 0.5) is 11.4 Å². The number of pyridine rings is 2. The van der Waals surface area contributed by atoms with Gasteiger partial charge in [0.15, 0.2) is 0 Å². The Hall–Kier alpha value is -3.81. The number of hydrogen-bond donors (Lipinski definition) is 2. The largest absolute Gasteiger partial charge is 0.493 e. The molecule has 2 N–H and O–H groups in total. The van der Waals surface area contributed by atoms with Gasteiger partial charge < -0.3 is 34.3 Å². The van der Waals surface area contributed by atoms with Crippen LogP contribution in [0.15, 0.2) is 33.9 Å². The Morgan fingerprint density at radius 1 is 0.745 bits per heavy atom. The zero-order valence-corrected chi connectivity index (χ0v) is 31.0. The maximum absolute atomic E-state index is 13.2. The van der Waals surface area contributed by atoms with Gasteiger partial charge in [-0.2, -0.15) is 0 Å². The maximum atomic E-state index is 13.2. The summed E-state index contributed by atoms with van der Waals surface area (Å²) < 4.78 is 31.4. The lowest BCUT2D eigenvalue weighted by Gasteiger charge is -2.28. The number of nitrogens with one attached hydrogen (secondary N) is 2. The van der Waals surface area contributed by atoms with Crippen LogP contribution >= 0.6 is 11.6 Å². The minimum absolute atomic E-state index is 0.00396. The Morgan fingerprint density at radius 3 is 1.71 bits per heavy atom. The van der Waals surface area contributed by atoms with Crippen LogP contribution in [0.2, 0.25) is 0 Å². The molecule has 0 spiro atoms. The summed E-state index contributed by atoms with van der Waals surface area (Å²) in [5, 5.41) is 8.76. The van der Waals surface area contributed by atoms with E-state index in [9.17, 15) is 9.59 Å². The molecule has 7 rings (SSSR count). The van der Waals surface area contributed by atoms with Crippen LogP contribution in [0.5, 0.6) is 11.5 Å². The molecule has 1 fully saturated rings. The maximum Gasteiger partial charge on any atom is 0.258 e. The minimum atomic E-state index is -0.00396. The molecule has 3 aliphatic heterocycles. The van der Waals surface area contributed by atoms with E-state index in [-0.39, 0.29) is 24.6 Å². The van der Waals surface area contributed by atoms with Gasteiger partial charge in [-0.15, -0.1) is 11.6 Å². The molecule has 13 heteroatoms. The van der Waals surface area contributed by atoms with Crippen molar-refractivity contribution in [3.63, 3.8) is 0 Å². The minimum Gasteiger partial charge on any atom is -0.493 e. The van der Waals surface area contributed by atoms with Gasteiger partial charge in [0.05, 0.1) is 59.6 Å². The summed E-state index contributed by atoms with van der Waals surface area (Å²) in [5.41, 5.74) is 7.21. The van der Waals surface area contributed by atoms with Gasteiger partial charge in [0, 0.05) is 64.0 Å². The predicted octanol–water partition coefficient (Wildman–Crippen LogP) is 5.30. The average Bonchev–Trinajstić information content (AvgIpc) is 3.15. The summed E-state index contributed by atoms with van der Waals surface area (Å²) in [6.45, 7) is 11.4. The fourth-order valence-electron chi connectivity index (χ4n) is 7.35. The molecule has 0 atom stereocenters. The number of aromatic nitrogens is 2. The highest BCUT2D eigenvalue weighted by Gasteiger charge is 2.25. The van der Waals surface area contributed by atoms with Crippen molar-refractivity contribution in [1.29, 1.82) is 0 Å². The van der Waals surface area contributed by atoms with Crippen molar-refractivity contribution < 1.29 is 23.7 Å². The summed E-state index contributed by atoms with van der Waals surface area (Å²) in [6.07, 6.45) is 3.45. The van der Waals surface area contributed by atoms with E-state index >= 15 is 0 Å². The van der Waals surface area contributed by atoms with E-state index < -0.39 is 0 Å². The van der Waals surface area contributed by atoms with E-state index in [1.54, 1.807) is 23.4 Å². The lowest BCUT2D eigenvalue weighted by molar-refractivity contribution is 0.0342. The topological polar surface area (TPSA) is 117 Å². The van der Waals surface area contributed by atoms with Gasteiger partial charge in [0.2, 0.25) is 0 Å². The fourth-order valence-corrected chi connectivity index (χ4v) is 7.51. The third kappa shape index (κ3) is 7.71. The Labute approximate surface area is 303 Å². The fraction of sp³-hybridized carbons (Fsp3) is 0.526. The van der Waals surface area contributed by atoms with Crippen LogP contribution in [0, 0.1) is 0 Å². The smallest absolute Gasteiger partial charge is 0.258 e. The Bertz CT molecular complexity index is 1970. The molecule has 0 amide bonds. The zero-order valence-electron chi connectivity index (χ0n) is 30.2. The zero-order chi connectivity index (χ0) is 35.9. The van der Waals surface area contributed by atoms with Crippen LogP contribution < -0.4 is 31.2 Å². The second kappa shape index (κ2) is 17.1. The summed E-state index contributed by atoms with van der Waals surface area (Å²) in [6, 6.07) is 8.14. The molecule has 0 bridgehead atoms. The van der Waals surface area contributed by atoms with Crippen molar-refractivity contribution in [3.8, 4) is 11.5 Å². The van der Waals surface area contributed by atoms with Gasteiger partial charge >= 0.3 is 0 Å². The van der Waals surface area contributed by atoms with Crippen molar-refractivity contribution in [1.82, 2.24) is 14.0 Å². The molecule has 0 unspecified atom stereocenters. The Balaban J connectivity index is 0.000000179. The van der Waals surface area contributed by atoms with Gasteiger partial charge in [-0.1, -0.05) is 0 Å². The summed E-state index contributed by atoms with van der Waals surface area (Å²) in [7, 11) is 3.21. The number of halogens is 1. The highest BCUT2D eigenvalue weighted by atomic mass is 35.5. The van der Waals surface area contributed by atoms with E-state index in [1.807, 2.05) is 26.0 Å². The average molecular weight is 724 g/mol. The number of benzene rings is 2. The molecular weight excluding hydrogens is 674 g/mol. The first kappa shape index (κ1) is 37.0. The number of rotatable bonds is 11. The van der Waals surface area contributed by atoms with Crippen molar-refractivity contribution in [2.24, 2.45) is 0 Å². The van der Waals surface area contributed by atoms with Crippen LogP contribution in [0.1, 0.15) is 48.9 Å². The molecule has 276 valence electrons. The van der Waals surface area contributed by atoms with Crippen LogP contribution in [0.3, 0.4) is 0 Å². The van der Waals surface area contributed by atoms with Crippen molar-refractivity contribution in [2.75, 3.05) is 77.5 Å². The summed E-state index contributed by atoms with van der Waals surface area (Å²) in [5.74, 6) is 1.96. The molecule has 0 radical (unpaired) electrons. The Morgan fingerprint density at radius 2 is 1.24 bits per heavy atom. The second-order valence-corrected chi connectivity index (χ2v) is 13.2. The molecule has 51 heavy (non-hydrogen) atoms. The highest BCUT2D eigenvalue weighted by Crippen LogP contribution is 2.38. The lowest BCUT2D eigenvalue weighted by atomic mass is 9.99. The van der Waals surface area contributed by atoms with E-state index in [4.69, 9.17) is 35.3 Å². The van der Waals surface area contributed by atoms with Crippen molar-refractivity contribution in [3.05, 3.63) is 67.2 Å². The SMILES string of the molecule is CCOc1cc(CCl)cc2c1c1c(c(=O)n2COC)CCCN1.CCOc1cc(CN2CCOCC2)cc2c1c1c(c(=O)n2COC)CCCN1. The predicted molar refractivity (Wildman–Crippen MR) is 202 cm³/mol. The molecule has 5 heterocycles. The molecule has 3 aliphatic rings. The first-order valence-corrected chi connectivity index (χ1v) is 18.5. The number of ether oxygens (including phenoxy) is 5. The van der Waals surface area contributed by atoms with E-state index in [0.717, 1.165) is 139 Å². The van der Waals surface area contributed by atoms with E-state index in [1.165, 1.54) is 0 Å². The molecule has 1 saturated heterocycles. The number of methoxy groups -OCH3 is 2. The van der Waals surface area contributed by atoms with Gasteiger partial charge in [0.25, 0.3) is 11.1 Å². The van der Waals surface area contributed by atoms with Crippen molar-refractivity contribution in [2.45, 2.75) is 65.4 Å². The lowest BCUT2D eigenvalue weighted by Crippen LogP contribution is -2.35. The number of nitrogens with zero attached hydrogens (tertiary/aromatic N) is 3. The molecular formula is C38H50ClN5O7. The Kier molecular flexibility index (Phi) is 12.4.